The lowest BCUT2D eigenvalue weighted by molar-refractivity contribution is 0.453. The largest absolute Gasteiger partial charge is 0.384 e. The maximum Gasteiger partial charge on any atom is 0.243 e. The Hall–Kier alpha value is -1.14. The quantitative estimate of drug-likeness (QED) is 0.877. The monoisotopic (exact) mass is 255 g/mol. The molecule has 2 N–H and O–H groups in total. The van der Waals surface area contributed by atoms with Gasteiger partial charge in [-0.1, -0.05) is 13.3 Å². The van der Waals surface area contributed by atoms with Crippen molar-refractivity contribution in [3.63, 3.8) is 0 Å². The van der Waals surface area contributed by atoms with E-state index in [-0.39, 0.29) is 10.7 Å². The van der Waals surface area contributed by atoms with Gasteiger partial charge in [0.1, 0.15) is 5.82 Å². The first kappa shape index (κ1) is 12.3. The molecule has 1 aliphatic rings. The lowest BCUT2D eigenvalue weighted by atomic mass is 10.1. The topological polar surface area (TPSA) is 76.3 Å². The summed E-state index contributed by atoms with van der Waals surface area (Å²) in [6.45, 7) is 3.30. The van der Waals surface area contributed by atoms with Gasteiger partial charge in [-0.05, 0) is 18.4 Å². The number of nitrogen functional groups attached to an aromatic ring is 1. The molecule has 1 unspecified atom stereocenters. The van der Waals surface area contributed by atoms with E-state index >= 15 is 0 Å². The fourth-order valence-electron chi connectivity index (χ4n) is 2.09. The Morgan fingerprint density at radius 1 is 1.59 bits per heavy atom. The molecular formula is C11H17N3O2S. The number of hydrogen-bond donors (Lipinski definition) is 1. The summed E-state index contributed by atoms with van der Waals surface area (Å²) >= 11 is 0. The van der Waals surface area contributed by atoms with E-state index in [9.17, 15) is 8.42 Å². The van der Waals surface area contributed by atoms with Crippen LogP contribution in [0.25, 0.3) is 0 Å². The molecule has 1 aromatic heterocycles. The summed E-state index contributed by atoms with van der Waals surface area (Å²) in [6, 6.07) is 2.90. The van der Waals surface area contributed by atoms with Crippen molar-refractivity contribution in [2.75, 3.05) is 18.8 Å². The lowest BCUT2D eigenvalue weighted by Crippen LogP contribution is -2.29. The smallest absolute Gasteiger partial charge is 0.243 e. The third-order valence-electron chi connectivity index (χ3n) is 3.22. The van der Waals surface area contributed by atoms with Crippen LogP contribution in [0.1, 0.15) is 19.8 Å². The molecule has 0 bridgehead atoms. The van der Waals surface area contributed by atoms with Crippen molar-refractivity contribution in [1.82, 2.24) is 9.29 Å². The van der Waals surface area contributed by atoms with Crippen LogP contribution in [0.2, 0.25) is 0 Å². The predicted octanol–water partition coefficient (Wildman–Crippen LogP) is 1.08. The number of hydrogen-bond acceptors (Lipinski definition) is 4. The number of sulfonamides is 1. The summed E-state index contributed by atoms with van der Waals surface area (Å²) in [5.74, 6) is 0.710. The van der Waals surface area contributed by atoms with Crippen LogP contribution >= 0.6 is 0 Å². The van der Waals surface area contributed by atoms with E-state index in [0.717, 1.165) is 12.8 Å². The van der Waals surface area contributed by atoms with Gasteiger partial charge in [0.2, 0.25) is 10.0 Å². The molecule has 1 fully saturated rings. The van der Waals surface area contributed by atoms with E-state index in [0.29, 0.717) is 19.0 Å². The van der Waals surface area contributed by atoms with Gasteiger partial charge >= 0.3 is 0 Å². The van der Waals surface area contributed by atoms with Gasteiger partial charge in [-0.25, -0.2) is 13.4 Å². The first-order valence-electron chi connectivity index (χ1n) is 5.75. The molecule has 5 nitrogen and oxygen atoms in total. The molecule has 0 amide bonds. The molecule has 6 heteroatoms. The SMILES string of the molecule is CCC1CCN(S(=O)(=O)c2ccnc(N)c2)C1. The molecule has 0 radical (unpaired) electrons. The van der Waals surface area contributed by atoms with E-state index in [1.165, 1.54) is 22.6 Å². The molecule has 1 aliphatic heterocycles. The summed E-state index contributed by atoms with van der Waals surface area (Å²) < 4.78 is 26.1. The first-order chi connectivity index (χ1) is 8.04. The highest BCUT2D eigenvalue weighted by Gasteiger charge is 2.31. The van der Waals surface area contributed by atoms with Crippen molar-refractivity contribution in [2.45, 2.75) is 24.7 Å². The minimum atomic E-state index is -3.39. The molecule has 1 aromatic rings. The van der Waals surface area contributed by atoms with Crippen LogP contribution in [0, 0.1) is 5.92 Å². The molecule has 17 heavy (non-hydrogen) atoms. The lowest BCUT2D eigenvalue weighted by Gasteiger charge is -2.16. The number of aromatic nitrogens is 1. The zero-order valence-electron chi connectivity index (χ0n) is 9.83. The maximum absolute atomic E-state index is 12.3. The Bertz CT molecular complexity index is 501. The fourth-order valence-corrected chi connectivity index (χ4v) is 3.64. The van der Waals surface area contributed by atoms with Crippen LogP contribution in [0.15, 0.2) is 23.2 Å². The van der Waals surface area contributed by atoms with Crippen molar-refractivity contribution in [2.24, 2.45) is 5.92 Å². The van der Waals surface area contributed by atoms with Crippen LogP contribution in [0.5, 0.6) is 0 Å². The van der Waals surface area contributed by atoms with Crippen molar-refractivity contribution in [3.8, 4) is 0 Å². The van der Waals surface area contributed by atoms with Crippen LogP contribution in [-0.2, 0) is 10.0 Å². The molecule has 1 saturated heterocycles. The highest BCUT2D eigenvalue weighted by atomic mass is 32.2. The zero-order valence-corrected chi connectivity index (χ0v) is 10.7. The Kier molecular flexibility index (Phi) is 3.35. The average molecular weight is 255 g/mol. The van der Waals surface area contributed by atoms with Gasteiger partial charge in [0.25, 0.3) is 0 Å². The highest BCUT2D eigenvalue weighted by molar-refractivity contribution is 7.89. The number of nitrogens with two attached hydrogens (primary N) is 1. The number of nitrogens with zero attached hydrogens (tertiary/aromatic N) is 2. The molecule has 94 valence electrons. The van der Waals surface area contributed by atoms with Crippen LogP contribution in [0.3, 0.4) is 0 Å². The Balaban J connectivity index is 2.25. The number of pyridine rings is 1. The summed E-state index contributed by atoms with van der Waals surface area (Å²) in [6.07, 6.45) is 3.39. The second kappa shape index (κ2) is 4.62. The Labute approximate surface area is 102 Å². The van der Waals surface area contributed by atoms with Gasteiger partial charge in [0.15, 0.2) is 0 Å². The Morgan fingerprint density at radius 2 is 2.35 bits per heavy atom. The standard InChI is InChI=1S/C11H17N3O2S/c1-2-9-4-6-14(8-9)17(15,16)10-3-5-13-11(12)7-10/h3,5,7,9H,2,4,6,8H2,1H3,(H2,12,13). The molecule has 0 aliphatic carbocycles. The van der Waals surface area contributed by atoms with Crippen LogP contribution in [-0.4, -0.2) is 30.8 Å². The minimum Gasteiger partial charge on any atom is -0.384 e. The van der Waals surface area contributed by atoms with E-state index in [4.69, 9.17) is 5.73 Å². The summed E-state index contributed by atoms with van der Waals surface area (Å²) in [4.78, 5) is 4.04. The molecule has 0 aromatic carbocycles. The molecule has 0 saturated carbocycles. The van der Waals surface area contributed by atoms with Gasteiger partial charge in [0, 0.05) is 25.4 Å². The van der Waals surface area contributed by atoms with Crippen LogP contribution in [0.4, 0.5) is 5.82 Å². The van der Waals surface area contributed by atoms with E-state index in [1.807, 2.05) is 0 Å². The molecular weight excluding hydrogens is 238 g/mol. The highest BCUT2D eigenvalue weighted by Crippen LogP contribution is 2.26. The van der Waals surface area contributed by atoms with Crippen LogP contribution < -0.4 is 5.73 Å². The van der Waals surface area contributed by atoms with E-state index < -0.39 is 10.0 Å². The summed E-state index contributed by atoms with van der Waals surface area (Å²) in [5.41, 5.74) is 5.51. The molecule has 2 heterocycles. The molecule has 0 spiro atoms. The third-order valence-corrected chi connectivity index (χ3v) is 5.08. The summed E-state index contributed by atoms with van der Waals surface area (Å²) in [5, 5.41) is 0. The average Bonchev–Trinajstić information content (AvgIpc) is 2.78. The summed E-state index contributed by atoms with van der Waals surface area (Å²) in [7, 11) is -3.39. The number of rotatable bonds is 3. The van der Waals surface area contributed by atoms with Crippen molar-refractivity contribution >= 4 is 15.8 Å². The predicted molar refractivity (Wildman–Crippen MR) is 65.8 cm³/mol. The second-order valence-corrected chi connectivity index (χ2v) is 6.28. The first-order valence-corrected chi connectivity index (χ1v) is 7.19. The van der Waals surface area contributed by atoms with Crippen molar-refractivity contribution in [3.05, 3.63) is 18.3 Å². The van der Waals surface area contributed by atoms with E-state index in [2.05, 4.69) is 11.9 Å². The van der Waals surface area contributed by atoms with Gasteiger partial charge in [0.05, 0.1) is 4.90 Å². The van der Waals surface area contributed by atoms with Gasteiger partial charge in [-0.15, -0.1) is 0 Å². The minimum absolute atomic E-state index is 0.234. The Morgan fingerprint density at radius 3 is 2.94 bits per heavy atom. The molecule has 1 atom stereocenters. The fraction of sp³-hybridized carbons (Fsp3) is 0.545. The van der Waals surface area contributed by atoms with E-state index in [1.54, 1.807) is 0 Å². The third kappa shape index (κ3) is 2.42. The van der Waals surface area contributed by atoms with Gasteiger partial charge in [-0.3, -0.25) is 0 Å². The normalized spacial score (nSPS) is 21.8. The van der Waals surface area contributed by atoms with Gasteiger partial charge < -0.3 is 5.73 Å². The van der Waals surface area contributed by atoms with Gasteiger partial charge in [-0.2, -0.15) is 4.31 Å². The van der Waals surface area contributed by atoms with Crippen molar-refractivity contribution in [1.29, 1.82) is 0 Å². The number of anilines is 1. The molecule has 2 rings (SSSR count). The zero-order chi connectivity index (χ0) is 12.5. The second-order valence-electron chi connectivity index (χ2n) is 4.34. The van der Waals surface area contributed by atoms with Crippen molar-refractivity contribution < 1.29 is 8.42 Å². The maximum atomic E-state index is 12.3.